The maximum atomic E-state index is 14.3. The number of sulfonamides is 1. The molecule has 1 atom stereocenters. The van der Waals surface area contributed by atoms with E-state index < -0.39 is 10.0 Å². The van der Waals surface area contributed by atoms with Gasteiger partial charge in [0.2, 0.25) is 11.8 Å². The van der Waals surface area contributed by atoms with Crippen LogP contribution in [0.1, 0.15) is 73.1 Å². The molecule has 0 saturated heterocycles. The van der Waals surface area contributed by atoms with E-state index in [1.54, 1.807) is 18.2 Å². The van der Waals surface area contributed by atoms with E-state index in [9.17, 15) is 13.2 Å². The van der Waals surface area contributed by atoms with Gasteiger partial charge < -0.3 is 9.64 Å². The number of nitrogens with zero attached hydrogens (tertiary/aromatic N) is 3. The van der Waals surface area contributed by atoms with Crippen molar-refractivity contribution in [2.45, 2.75) is 78.3 Å². The maximum Gasteiger partial charge on any atom is 0.264 e. The SMILES string of the molecule is CCCc1ccc(CN2C(=O)c3cccc(c3)S(=O)(=O)Nc3nc(cc(-c4c(C)cccc4C)n3)OC[C@H]2CC(C)(C)C)cc1. The van der Waals surface area contributed by atoms with Crippen molar-refractivity contribution in [1.82, 2.24) is 14.9 Å². The van der Waals surface area contributed by atoms with Crippen LogP contribution in [0.4, 0.5) is 5.95 Å². The summed E-state index contributed by atoms with van der Waals surface area (Å²) >= 11 is 0. The smallest absolute Gasteiger partial charge is 0.264 e. The second-order valence-electron chi connectivity index (χ2n) is 13.0. The van der Waals surface area contributed by atoms with Gasteiger partial charge >= 0.3 is 0 Å². The molecule has 2 heterocycles. The summed E-state index contributed by atoms with van der Waals surface area (Å²) in [6, 6.07) is 21.8. The van der Waals surface area contributed by atoms with E-state index in [4.69, 9.17) is 4.74 Å². The second kappa shape index (κ2) is 13.0. The highest BCUT2D eigenvalue weighted by Gasteiger charge is 2.31. The van der Waals surface area contributed by atoms with Crippen LogP contribution in [0.25, 0.3) is 11.3 Å². The molecule has 3 aromatic carbocycles. The molecular weight excluding hydrogens is 584 g/mol. The molecule has 4 bridgehead atoms. The molecule has 1 aliphatic rings. The summed E-state index contributed by atoms with van der Waals surface area (Å²) in [5.41, 5.74) is 5.78. The first kappa shape index (κ1) is 32.2. The quantitative estimate of drug-likeness (QED) is 0.240. The normalized spacial score (nSPS) is 16.5. The highest BCUT2D eigenvalue weighted by molar-refractivity contribution is 7.92. The Morgan fingerprint density at radius 1 is 0.933 bits per heavy atom. The lowest BCUT2D eigenvalue weighted by atomic mass is 9.87. The number of carbonyl (C=O) groups is 1. The minimum atomic E-state index is -4.13. The highest BCUT2D eigenvalue weighted by atomic mass is 32.2. The number of hydrogen-bond donors (Lipinski definition) is 1. The van der Waals surface area contributed by atoms with E-state index >= 15 is 0 Å². The van der Waals surface area contributed by atoms with Crippen molar-refractivity contribution in [2.75, 3.05) is 11.3 Å². The van der Waals surface area contributed by atoms with Gasteiger partial charge in [-0.15, -0.1) is 0 Å². The third-order valence-electron chi connectivity index (χ3n) is 7.94. The van der Waals surface area contributed by atoms with E-state index in [1.807, 2.05) is 36.9 Å². The van der Waals surface area contributed by atoms with Gasteiger partial charge in [-0.25, -0.2) is 18.1 Å². The average molecular weight is 627 g/mol. The first-order valence-corrected chi connectivity index (χ1v) is 16.9. The van der Waals surface area contributed by atoms with Crippen molar-refractivity contribution in [3.8, 4) is 17.1 Å². The van der Waals surface area contributed by atoms with Crippen LogP contribution in [0.3, 0.4) is 0 Å². The van der Waals surface area contributed by atoms with Crippen LogP contribution in [0.5, 0.6) is 5.88 Å². The number of rotatable bonds is 6. The number of amides is 1. The third-order valence-corrected chi connectivity index (χ3v) is 9.27. The average Bonchev–Trinajstić information content (AvgIpc) is 2.98. The number of carbonyl (C=O) groups excluding carboxylic acids is 1. The van der Waals surface area contributed by atoms with Crippen LogP contribution in [0.2, 0.25) is 0 Å². The molecule has 0 aliphatic carbocycles. The molecule has 236 valence electrons. The number of benzene rings is 3. The van der Waals surface area contributed by atoms with Gasteiger partial charge in [-0.3, -0.25) is 4.79 Å². The van der Waals surface area contributed by atoms with Crippen LogP contribution in [0, 0.1) is 19.3 Å². The number of anilines is 1. The van der Waals surface area contributed by atoms with Crippen molar-refractivity contribution < 1.29 is 17.9 Å². The molecule has 4 aromatic rings. The topological polar surface area (TPSA) is 101 Å². The van der Waals surface area contributed by atoms with Gasteiger partial charge in [-0.2, -0.15) is 4.98 Å². The summed E-state index contributed by atoms with van der Waals surface area (Å²) < 4.78 is 36.1. The fourth-order valence-electron chi connectivity index (χ4n) is 5.84. The van der Waals surface area contributed by atoms with Gasteiger partial charge in [0, 0.05) is 23.7 Å². The Hall–Kier alpha value is -4.24. The summed E-state index contributed by atoms with van der Waals surface area (Å²) in [4.78, 5) is 25.2. The number of fused-ring (bicyclic) bond motifs is 4. The molecule has 8 nitrogen and oxygen atoms in total. The van der Waals surface area contributed by atoms with Crippen LogP contribution in [0.15, 0.2) is 77.7 Å². The molecule has 0 unspecified atom stereocenters. The zero-order chi connectivity index (χ0) is 32.4. The molecule has 1 aliphatic heterocycles. The van der Waals surface area contributed by atoms with Gasteiger partial charge in [-0.05, 0) is 72.6 Å². The monoisotopic (exact) mass is 626 g/mol. The predicted molar refractivity (Wildman–Crippen MR) is 178 cm³/mol. The molecular formula is C36H42N4O4S. The molecule has 9 heteroatoms. The summed E-state index contributed by atoms with van der Waals surface area (Å²) in [6.07, 6.45) is 2.69. The van der Waals surface area contributed by atoms with Crippen molar-refractivity contribution in [1.29, 1.82) is 0 Å². The largest absolute Gasteiger partial charge is 0.475 e. The third kappa shape index (κ3) is 7.71. The molecule has 1 N–H and O–H groups in total. The minimum absolute atomic E-state index is 0.0487. The Morgan fingerprint density at radius 3 is 2.27 bits per heavy atom. The first-order valence-electron chi connectivity index (χ1n) is 15.4. The van der Waals surface area contributed by atoms with E-state index in [1.165, 1.54) is 17.7 Å². The number of aromatic nitrogens is 2. The first-order chi connectivity index (χ1) is 21.3. The van der Waals surface area contributed by atoms with Gasteiger partial charge in [0.05, 0.1) is 16.6 Å². The van der Waals surface area contributed by atoms with E-state index in [0.29, 0.717) is 18.7 Å². The molecule has 1 aromatic heterocycles. The van der Waals surface area contributed by atoms with Crippen molar-refractivity contribution in [2.24, 2.45) is 5.41 Å². The van der Waals surface area contributed by atoms with Crippen LogP contribution in [-0.4, -0.2) is 41.8 Å². The zero-order valence-electron chi connectivity index (χ0n) is 26.9. The van der Waals surface area contributed by atoms with Crippen LogP contribution in [-0.2, 0) is 23.0 Å². The van der Waals surface area contributed by atoms with Gasteiger partial charge in [-0.1, -0.05) is 82.6 Å². The second-order valence-corrected chi connectivity index (χ2v) is 14.7. The van der Waals surface area contributed by atoms with Crippen molar-refractivity contribution in [3.05, 3.63) is 101 Å². The lowest BCUT2D eigenvalue weighted by molar-refractivity contribution is 0.0513. The van der Waals surface area contributed by atoms with Gasteiger partial charge in [0.1, 0.15) is 6.61 Å². The number of ether oxygens (including phenoxy) is 1. The van der Waals surface area contributed by atoms with E-state index in [-0.39, 0.29) is 46.3 Å². The fraction of sp³-hybridized carbons (Fsp3) is 0.361. The van der Waals surface area contributed by atoms with E-state index in [2.05, 4.69) is 66.7 Å². The zero-order valence-corrected chi connectivity index (χ0v) is 27.7. The standard InChI is InChI=1S/C36H42N4O4S/c1-7-10-26-15-17-27(18-16-26)22-40-29(21-36(4,5)6)23-44-32-20-31(33-24(2)11-8-12-25(33)3)37-35(38-32)39-45(42,43)30-14-9-13-28(19-30)34(40)41/h8-9,11-20,29H,7,10,21-23H2,1-6H3,(H,37,38,39)/t29-/m1/s1. The van der Waals surface area contributed by atoms with Crippen LogP contribution < -0.4 is 9.46 Å². The molecule has 0 fully saturated rings. The highest BCUT2D eigenvalue weighted by Crippen LogP contribution is 2.32. The minimum Gasteiger partial charge on any atom is -0.475 e. The molecule has 5 rings (SSSR count). The Kier molecular flexibility index (Phi) is 9.30. The predicted octanol–water partition coefficient (Wildman–Crippen LogP) is 7.35. The summed E-state index contributed by atoms with van der Waals surface area (Å²) in [7, 11) is -4.13. The molecule has 0 spiro atoms. The van der Waals surface area contributed by atoms with E-state index in [0.717, 1.165) is 35.1 Å². The molecule has 45 heavy (non-hydrogen) atoms. The van der Waals surface area contributed by atoms with Gasteiger partial charge in [0.15, 0.2) is 0 Å². The lowest BCUT2D eigenvalue weighted by Crippen LogP contribution is -2.45. The van der Waals surface area contributed by atoms with Crippen molar-refractivity contribution in [3.63, 3.8) is 0 Å². The Morgan fingerprint density at radius 2 is 1.60 bits per heavy atom. The van der Waals surface area contributed by atoms with Crippen LogP contribution >= 0.6 is 0 Å². The lowest BCUT2D eigenvalue weighted by Gasteiger charge is -2.36. The maximum absolute atomic E-state index is 14.3. The molecule has 0 radical (unpaired) electrons. The Balaban J connectivity index is 1.65. The Bertz CT molecular complexity index is 1780. The summed E-state index contributed by atoms with van der Waals surface area (Å²) in [5.74, 6) is -0.144. The van der Waals surface area contributed by atoms with Crippen molar-refractivity contribution >= 4 is 21.9 Å². The molecule has 0 saturated carbocycles. The molecule has 1 amide bonds. The summed E-state index contributed by atoms with van der Waals surface area (Å²) in [6.45, 7) is 13.0. The fourth-order valence-corrected chi connectivity index (χ4v) is 6.83. The number of nitrogens with one attached hydrogen (secondary N) is 1. The van der Waals surface area contributed by atoms with Gasteiger partial charge in [0.25, 0.3) is 15.9 Å². The summed E-state index contributed by atoms with van der Waals surface area (Å²) in [5, 5.41) is 0. The number of hydrogen-bond acceptors (Lipinski definition) is 6. The number of aryl methyl sites for hydroxylation is 3. The Labute approximate surface area is 266 Å².